The third kappa shape index (κ3) is 1.99. The summed E-state index contributed by atoms with van der Waals surface area (Å²) in [6.45, 7) is 1.98. The molecule has 21 heavy (non-hydrogen) atoms. The monoisotopic (exact) mass is 308 g/mol. The number of benzene rings is 1. The van der Waals surface area contributed by atoms with Gasteiger partial charge in [0.25, 0.3) is 5.24 Å². The molecule has 1 aliphatic rings. The molecule has 1 amide bonds. The Morgan fingerprint density at radius 3 is 3.05 bits per heavy atom. The van der Waals surface area contributed by atoms with Gasteiger partial charge in [0.05, 0.1) is 11.4 Å². The molecule has 1 fully saturated rings. The average Bonchev–Trinajstić information content (AvgIpc) is 3.05. The molecule has 7 heteroatoms. The number of rotatable bonds is 3. The molecule has 1 saturated heterocycles. The number of carbonyl (C=O) groups excluding carboxylic acids is 2. The van der Waals surface area contributed by atoms with E-state index in [1.165, 1.54) is 24.1 Å². The van der Waals surface area contributed by atoms with Crippen molar-refractivity contribution in [1.29, 1.82) is 0 Å². The summed E-state index contributed by atoms with van der Waals surface area (Å²) in [6.07, 6.45) is 2.62. The van der Waals surface area contributed by atoms with Crippen LogP contribution in [0.15, 0.2) is 16.7 Å². The highest BCUT2D eigenvalue weighted by molar-refractivity contribution is 8.14. The van der Waals surface area contributed by atoms with Crippen molar-refractivity contribution < 1.29 is 18.4 Å². The molecule has 110 valence electrons. The third-order valence-electron chi connectivity index (χ3n) is 3.67. The Labute approximate surface area is 124 Å². The van der Waals surface area contributed by atoms with Crippen molar-refractivity contribution in [3.63, 3.8) is 0 Å². The van der Waals surface area contributed by atoms with Crippen LogP contribution in [0.2, 0.25) is 0 Å². The number of anilines is 2. The second-order valence-corrected chi connectivity index (χ2v) is 5.79. The molecule has 1 atom stereocenters. The molecule has 2 aromatic rings. The molecule has 2 N–H and O–H groups in total. The summed E-state index contributed by atoms with van der Waals surface area (Å²) < 4.78 is 19.4. The number of hydrogen-bond acceptors (Lipinski definition) is 5. The minimum Gasteiger partial charge on any atom is -0.459 e. The number of amides is 1. The van der Waals surface area contributed by atoms with Gasteiger partial charge in [-0.25, -0.2) is 4.39 Å². The summed E-state index contributed by atoms with van der Waals surface area (Å²) in [5, 5.41) is 0.285. The van der Waals surface area contributed by atoms with Crippen molar-refractivity contribution >= 4 is 45.6 Å². The number of carbonyl (C=O) groups is 2. The van der Waals surface area contributed by atoms with Crippen molar-refractivity contribution in [2.45, 2.75) is 19.4 Å². The van der Waals surface area contributed by atoms with Gasteiger partial charge in [0.1, 0.15) is 6.26 Å². The van der Waals surface area contributed by atoms with Gasteiger partial charge in [-0.3, -0.25) is 14.5 Å². The van der Waals surface area contributed by atoms with E-state index in [2.05, 4.69) is 0 Å². The van der Waals surface area contributed by atoms with Crippen LogP contribution in [0, 0.1) is 5.82 Å². The molecule has 1 aliphatic heterocycles. The molecule has 0 unspecified atom stereocenters. The maximum Gasteiger partial charge on any atom is 0.286 e. The summed E-state index contributed by atoms with van der Waals surface area (Å²) in [5.41, 5.74) is 5.81. The summed E-state index contributed by atoms with van der Waals surface area (Å²) in [6, 6.07) is 1.49. The van der Waals surface area contributed by atoms with Crippen molar-refractivity contribution in [2.24, 2.45) is 0 Å². The van der Waals surface area contributed by atoms with Gasteiger partial charge in [0.15, 0.2) is 17.7 Å². The first-order valence-electron chi connectivity index (χ1n) is 6.48. The van der Waals surface area contributed by atoms with Crippen LogP contribution in [0.25, 0.3) is 11.0 Å². The minimum absolute atomic E-state index is 0.0311. The van der Waals surface area contributed by atoms with E-state index >= 15 is 0 Å². The quantitative estimate of drug-likeness (QED) is 0.694. The van der Waals surface area contributed by atoms with Crippen molar-refractivity contribution in [1.82, 2.24) is 0 Å². The zero-order valence-corrected chi connectivity index (χ0v) is 12.1. The van der Waals surface area contributed by atoms with E-state index in [9.17, 15) is 14.0 Å². The fraction of sp³-hybridized carbons (Fsp3) is 0.286. The van der Waals surface area contributed by atoms with Gasteiger partial charge in [-0.1, -0.05) is 18.7 Å². The second kappa shape index (κ2) is 5.07. The smallest absolute Gasteiger partial charge is 0.286 e. The first-order chi connectivity index (χ1) is 10.1. The molecule has 0 saturated carbocycles. The average molecular weight is 308 g/mol. The first-order valence-corrected chi connectivity index (χ1v) is 7.47. The molecule has 1 aromatic heterocycles. The molecule has 5 nitrogen and oxygen atoms in total. The Bertz CT molecular complexity index is 743. The van der Waals surface area contributed by atoms with E-state index in [-0.39, 0.29) is 28.1 Å². The summed E-state index contributed by atoms with van der Waals surface area (Å²) in [5.74, 6) is -0.0896. The standard InChI is InChI=1S/C14H13FN2O3S/c1-2-8-6-21-14(19)17(8)10-5-20-13-9(10)3-7(4-18)12(16)11(13)15/h3-5,8H,2,6,16H2,1H3/t8-/m1/s1. The molecule has 0 radical (unpaired) electrons. The van der Waals surface area contributed by atoms with E-state index in [1.54, 1.807) is 4.90 Å². The number of furan rings is 1. The molecule has 1 aromatic carbocycles. The van der Waals surface area contributed by atoms with Crippen LogP contribution in [0.5, 0.6) is 0 Å². The van der Waals surface area contributed by atoms with E-state index in [0.29, 0.717) is 23.1 Å². The van der Waals surface area contributed by atoms with E-state index in [4.69, 9.17) is 10.2 Å². The van der Waals surface area contributed by atoms with E-state index in [1.807, 2.05) is 6.92 Å². The van der Waals surface area contributed by atoms with Gasteiger partial charge in [-0.15, -0.1) is 0 Å². The lowest BCUT2D eigenvalue weighted by Crippen LogP contribution is -2.32. The molecule has 3 rings (SSSR count). The van der Waals surface area contributed by atoms with Crippen LogP contribution in [-0.2, 0) is 0 Å². The molecule has 0 bridgehead atoms. The molecule has 0 spiro atoms. The predicted octanol–water partition coefficient (Wildman–Crippen LogP) is 3.42. The molecular formula is C14H13FN2O3S. The number of fused-ring (bicyclic) bond motifs is 1. The van der Waals surface area contributed by atoms with Crippen molar-refractivity contribution in [3.8, 4) is 0 Å². The number of nitrogens with zero attached hydrogens (tertiary/aromatic N) is 1. The number of halogens is 1. The maximum atomic E-state index is 14.1. The molecular weight excluding hydrogens is 295 g/mol. The van der Waals surface area contributed by atoms with Gasteiger partial charge >= 0.3 is 0 Å². The number of nitrogen functional groups attached to an aromatic ring is 1. The van der Waals surface area contributed by atoms with Gasteiger partial charge in [0.2, 0.25) is 0 Å². The number of aldehydes is 1. The Morgan fingerprint density at radius 2 is 2.38 bits per heavy atom. The van der Waals surface area contributed by atoms with Gasteiger partial charge in [-0.2, -0.15) is 0 Å². The fourth-order valence-electron chi connectivity index (χ4n) is 2.49. The third-order valence-corrected chi connectivity index (χ3v) is 4.67. The number of thioether (sulfide) groups is 1. The SMILES string of the molecule is CC[C@@H]1CSC(=O)N1c1coc2c(F)c(N)c(C=O)cc12. The topological polar surface area (TPSA) is 76.5 Å². The minimum atomic E-state index is -0.770. The highest BCUT2D eigenvalue weighted by Gasteiger charge is 2.34. The van der Waals surface area contributed by atoms with Gasteiger partial charge in [0, 0.05) is 22.7 Å². The highest BCUT2D eigenvalue weighted by Crippen LogP contribution is 2.39. The largest absolute Gasteiger partial charge is 0.459 e. The number of nitrogens with two attached hydrogens (primary N) is 1. The molecule has 2 heterocycles. The summed E-state index contributed by atoms with van der Waals surface area (Å²) in [7, 11) is 0. The van der Waals surface area contributed by atoms with Crippen LogP contribution >= 0.6 is 11.8 Å². The normalized spacial score (nSPS) is 18.7. The Balaban J connectivity index is 2.22. The lowest BCUT2D eigenvalue weighted by Gasteiger charge is -2.21. The Hall–Kier alpha value is -2.02. The highest BCUT2D eigenvalue weighted by atomic mass is 32.2. The summed E-state index contributed by atoms with van der Waals surface area (Å²) >= 11 is 1.22. The zero-order valence-electron chi connectivity index (χ0n) is 11.3. The van der Waals surface area contributed by atoms with Crippen LogP contribution < -0.4 is 10.6 Å². The van der Waals surface area contributed by atoms with Crippen LogP contribution in [0.4, 0.5) is 20.6 Å². The van der Waals surface area contributed by atoms with Gasteiger partial charge in [-0.05, 0) is 12.5 Å². The Morgan fingerprint density at radius 1 is 1.62 bits per heavy atom. The number of hydrogen-bond donors (Lipinski definition) is 1. The second-order valence-electron chi connectivity index (χ2n) is 4.82. The van der Waals surface area contributed by atoms with Gasteiger partial charge < -0.3 is 10.2 Å². The van der Waals surface area contributed by atoms with Crippen LogP contribution in [0.3, 0.4) is 0 Å². The van der Waals surface area contributed by atoms with Crippen LogP contribution in [-0.4, -0.2) is 23.3 Å². The maximum absolute atomic E-state index is 14.1. The molecule has 0 aliphatic carbocycles. The van der Waals surface area contributed by atoms with Crippen LogP contribution in [0.1, 0.15) is 23.7 Å². The zero-order chi connectivity index (χ0) is 15.1. The first kappa shape index (κ1) is 13.9. The Kier molecular flexibility index (Phi) is 3.36. The van der Waals surface area contributed by atoms with E-state index in [0.717, 1.165) is 6.42 Å². The predicted molar refractivity (Wildman–Crippen MR) is 80.4 cm³/mol. The summed E-state index contributed by atoms with van der Waals surface area (Å²) in [4.78, 5) is 24.6. The fourth-order valence-corrected chi connectivity index (χ4v) is 3.60. The van der Waals surface area contributed by atoms with E-state index < -0.39 is 5.82 Å². The van der Waals surface area contributed by atoms with Crippen molar-refractivity contribution in [3.05, 3.63) is 23.7 Å². The lowest BCUT2D eigenvalue weighted by molar-refractivity contribution is 0.112. The lowest BCUT2D eigenvalue weighted by atomic mass is 10.1. The van der Waals surface area contributed by atoms with Crippen molar-refractivity contribution in [2.75, 3.05) is 16.4 Å².